The number of hydrogen-bond donors (Lipinski definition) is 2. The lowest BCUT2D eigenvalue weighted by Crippen LogP contribution is -2.24. The first-order valence-corrected chi connectivity index (χ1v) is 7.18. The largest absolute Gasteiger partial charge is 0.506 e. The lowest BCUT2D eigenvalue weighted by molar-refractivity contribution is 0.0953. The zero-order valence-electron chi connectivity index (χ0n) is 9.70. The first-order valence-electron chi connectivity index (χ1n) is 5.41. The van der Waals surface area contributed by atoms with E-state index < -0.39 is 0 Å². The zero-order chi connectivity index (χ0) is 12.7. The highest BCUT2D eigenvalue weighted by molar-refractivity contribution is 7.98. The van der Waals surface area contributed by atoms with Crippen molar-refractivity contribution in [1.82, 2.24) is 5.32 Å². The number of phenolic OH excluding ortho intramolecular Hbond substituents is 1. The van der Waals surface area contributed by atoms with E-state index in [0.29, 0.717) is 12.1 Å². The number of halogens is 1. The number of hydrogen-bond acceptors (Lipinski definition) is 3. The summed E-state index contributed by atoms with van der Waals surface area (Å²) in [4.78, 5) is 11.7. The molecule has 0 radical (unpaired) electrons. The standard InChI is InChI=1S/C12H16ClNO2S/c1-17-7-3-2-6-14-12(16)9-4-5-11(15)10(13)8-9/h4-5,8,15H,2-3,6-7H2,1H3,(H,14,16). The van der Waals surface area contributed by atoms with Crippen LogP contribution >= 0.6 is 23.4 Å². The summed E-state index contributed by atoms with van der Waals surface area (Å²) in [6.45, 7) is 0.665. The van der Waals surface area contributed by atoms with Crippen molar-refractivity contribution < 1.29 is 9.90 Å². The molecule has 5 heteroatoms. The van der Waals surface area contributed by atoms with E-state index in [1.54, 1.807) is 17.8 Å². The molecular formula is C12H16ClNO2S. The molecule has 0 heterocycles. The molecule has 0 aliphatic rings. The molecule has 0 atom stereocenters. The molecule has 0 saturated carbocycles. The Hall–Kier alpha value is -0.870. The molecule has 1 amide bonds. The molecule has 0 bridgehead atoms. The minimum atomic E-state index is -0.156. The van der Waals surface area contributed by atoms with Crippen LogP contribution in [0.25, 0.3) is 0 Å². The van der Waals surface area contributed by atoms with Gasteiger partial charge in [-0.25, -0.2) is 0 Å². The first-order chi connectivity index (χ1) is 8.15. The van der Waals surface area contributed by atoms with E-state index in [4.69, 9.17) is 11.6 Å². The molecule has 0 unspecified atom stereocenters. The Balaban J connectivity index is 2.39. The Labute approximate surface area is 111 Å². The van der Waals surface area contributed by atoms with Crippen LogP contribution in [-0.4, -0.2) is 29.6 Å². The van der Waals surface area contributed by atoms with E-state index >= 15 is 0 Å². The van der Waals surface area contributed by atoms with Crippen LogP contribution in [-0.2, 0) is 0 Å². The summed E-state index contributed by atoms with van der Waals surface area (Å²) in [6, 6.07) is 4.44. The number of amides is 1. The first kappa shape index (κ1) is 14.2. The van der Waals surface area contributed by atoms with E-state index in [1.165, 1.54) is 12.1 Å². The van der Waals surface area contributed by atoms with Crippen molar-refractivity contribution in [2.75, 3.05) is 18.6 Å². The van der Waals surface area contributed by atoms with E-state index in [1.807, 2.05) is 0 Å². The summed E-state index contributed by atoms with van der Waals surface area (Å²) in [5.74, 6) is 0.945. The van der Waals surface area contributed by atoms with E-state index in [9.17, 15) is 9.90 Å². The van der Waals surface area contributed by atoms with Gasteiger partial charge in [0.2, 0.25) is 0 Å². The molecule has 1 aromatic carbocycles. The second-order valence-electron chi connectivity index (χ2n) is 3.62. The van der Waals surface area contributed by atoms with Crippen LogP contribution in [0.3, 0.4) is 0 Å². The lowest BCUT2D eigenvalue weighted by Gasteiger charge is -2.05. The van der Waals surface area contributed by atoms with Gasteiger partial charge in [-0.05, 0) is 43.0 Å². The van der Waals surface area contributed by atoms with Crippen LogP contribution in [0.1, 0.15) is 23.2 Å². The molecule has 0 aliphatic carbocycles. The topological polar surface area (TPSA) is 49.3 Å². The third-order valence-corrected chi connectivity index (χ3v) is 3.27. The van der Waals surface area contributed by atoms with Gasteiger partial charge in [0.05, 0.1) is 5.02 Å². The van der Waals surface area contributed by atoms with Gasteiger partial charge in [-0.2, -0.15) is 11.8 Å². The average molecular weight is 274 g/mol. The Morgan fingerprint density at radius 1 is 1.47 bits per heavy atom. The molecule has 94 valence electrons. The van der Waals surface area contributed by atoms with Gasteiger partial charge in [-0.1, -0.05) is 11.6 Å². The molecule has 0 spiro atoms. The number of unbranched alkanes of at least 4 members (excludes halogenated alkanes) is 1. The average Bonchev–Trinajstić information content (AvgIpc) is 2.32. The Morgan fingerprint density at radius 3 is 2.88 bits per heavy atom. The minimum Gasteiger partial charge on any atom is -0.506 e. The molecule has 3 nitrogen and oxygen atoms in total. The summed E-state index contributed by atoms with van der Waals surface area (Å²) in [5, 5.41) is 12.2. The number of rotatable bonds is 6. The second-order valence-corrected chi connectivity index (χ2v) is 5.01. The van der Waals surface area contributed by atoms with Crippen LogP contribution < -0.4 is 5.32 Å². The predicted molar refractivity (Wildman–Crippen MR) is 73.1 cm³/mol. The summed E-state index contributed by atoms with van der Waals surface area (Å²) >= 11 is 7.53. The Kier molecular flexibility index (Phi) is 6.22. The highest BCUT2D eigenvalue weighted by atomic mass is 35.5. The van der Waals surface area contributed by atoms with Crippen molar-refractivity contribution in [2.24, 2.45) is 0 Å². The summed E-state index contributed by atoms with van der Waals surface area (Å²) in [6.07, 6.45) is 4.13. The molecule has 17 heavy (non-hydrogen) atoms. The Morgan fingerprint density at radius 2 is 2.24 bits per heavy atom. The van der Waals surface area contributed by atoms with Gasteiger partial charge in [0, 0.05) is 12.1 Å². The molecule has 2 N–H and O–H groups in total. The normalized spacial score (nSPS) is 10.2. The van der Waals surface area contributed by atoms with Crippen LogP contribution in [0.2, 0.25) is 5.02 Å². The van der Waals surface area contributed by atoms with Crippen LogP contribution in [0.15, 0.2) is 18.2 Å². The van der Waals surface area contributed by atoms with E-state index in [-0.39, 0.29) is 16.7 Å². The maximum Gasteiger partial charge on any atom is 0.251 e. The van der Waals surface area contributed by atoms with Crippen LogP contribution in [0, 0.1) is 0 Å². The lowest BCUT2D eigenvalue weighted by atomic mass is 10.2. The zero-order valence-corrected chi connectivity index (χ0v) is 11.3. The summed E-state index contributed by atoms with van der Waals surface area (Å²) < 4.78 is 0. The number of aromatic hydroxyl groups is 1. The van der Waals surface area contributed by atoms with Crippen molar-refractivity contribution >= 4 is 29.3 Å². The highest BCUT2D eigenvalue weighted by Crippen LogP contribution is 2.23. The van der Waals surface area contributed by atoms with Gasteiger partial charge in [0.1, 0.15) is 5.75 Å². The molecule has 0 saturated heterocycles. The SMILES string of the molecule is CSCCCCNC(=O)c1ccc(O)c(Cl)c1. The van der Waals surface area contributed by atoms with Crippen LogP contribution in [0.5, 0.6) is 5.75 Å². The molecule has 0 aliphatic heterocycles. The molecule has 1 rings (SSSR count). The predicted octanol–water partition coefficient (Wildman–Crippen LogP) is 2.92. The van der Waals surface area contributed by atoms with Crippen molar-refractivity contribution in [3.63, 3.8) is 0 Å². The number of carbonyl (C=O) groups is 1. The molecule has 0 fully saturated rings. The monoisotopic (exact) mass is 273 g/mol. The number of carbonyl (C=O) groups excluding carboxylic acids is 1. The number of phenols is 1. The third kappa shape index (κ3) is 4.88. The highest BCUT2D eigenvalue weighted by Gasteiger charge is 2.07. The smallest absolute Gasteiger partial charge is 0.251 e. The van der Waals surface area contributed by atoms with Gasteiger partial charge in [0.15, 0.2) is 0 Å². The number of nitrogens with one attached hydrogen (secondary N) is 1. The van der Waals surface area contributed by atoms with Gasteiger partial charge in [-0.15, -0.1) is 0 Å². The van der Waals surface area contributed by atoms with Gasteiger partial charge in [-0.3, -0.25) is 4.79 Å². The van der Waals surface area contributed by atoms with E-state index in [2.05, 4.69) is 11.6 Å². The summed E-state index contributed by atoms with van der Waals surface area (Å²) in [7, 11) is 0. The fourth-order valence-electron chi connectivity index (χ4n) is 1.32. The molecule has 0 aromatic heterocycles. The number of thioether (sulfide) groups is 1. The molecule has 1 aromatic rings. The minimum absolute atomic E-state index is 0.0109. The quantitative estimate of drug-likeness (QED) is 0.784. The molecular weight excluding hydrogens is 258 g/mol. The van der Waals surface area contributed by atoms with Gasteiger partial charge >= 0.3 is 0 Å². The maximum atomic E-state index is 11.7. The van der Waals surface area contributed by atoms with Crippen molar-refractivity contribution in [2.45, 2.75) is 12.8 Å². The summed E-state index contributed by atoms with van der Waals surface area (Å²) in [5.41, 5.74) is 0.470. The fourth-order valence-corrected chi connectivity index (χ4v) is 2.00. The van der Waals surface area contributed by atoms with E-state index in [0.717, 1.165) is 18.6 Å². The van der Waals surface area contributed by atoms with Crippen molar-refractivity contribution in [3.05, 3.63) is 28.8 Å². The number of benzene rings is 1. The van der Waals surface area contributed by atoms with Crippen LogP contribution in [0.4, 0.5) is 0 Å². The Bertz CT molecular complexity index is 385. The van der Waals surface area contributed by atoms with Gasteiger partial charge in [0.25, 0.3) is 5.91 Å². The maximum absolute atomic E-state index is 11.7. The van der Waals surface area contributed by atoms with Crippen molar-refractivity contribution in [1.29, 1.82) is 0 Å². The third-order valence-electron chi connectivity index (χ3n) is 2.27. The van der Waals surface area contributed by atoms with Crippen molar-refractivity contribution in [3.8, 4) is 5.75 Å². The van der Waals surface area contributed by atoms with Gasteiger partial charge < -0.3 is 10.4 Å². The second kappa shape index (κ2) is 7.45. The fraction of sp³-hybridized carbons (Fsp3) is 0.417.